The molecule has 0 unspecified atom stereocenters. The molecular weight excluding hydrogens is 278 g/mol. The summed E-state index contributed by atoms with van der Waals surface area (Å²) in [6, 6.07) is 11.9. The van der Waals surface area contributed by atoms with Gasteiger partial charge in [0.05, 0.1) is 19.8 Å². The number of hydrogen-bond acceptors (Lipinski definition) is 4. The van der Waals surface area contributed by atoms with Gasteiger partial charge in [-0.15, -0.1) is 0 Å². The third kappa shape index (κ3) is 3.28. The average Bonchev–Trinajstić information content (AvgIpc) is 2.53. The molecule has 0 aliphatic rings. The number of rotatable bonds is 6. The molecule has 2 aromatic carbocycles. The maximum atomic E-state index is 11.4. The lowest BCUT2D eigenvalue weighted by Crippen LogP contribution is -2.11. The molecule has 0 aliphatic heterocycles. The second-order valence-corrected chi connectivity index (χ2v) is 5.31. The predicted molar refractivity (Wildman–Crippen MR) is 87.8 cm³/mol. The van der Waals surface area contributed by atoms with Gasteiger partial charge in [0.15, 0.2) is 17.8 Å². The van der Waals surface area contributed by atoms with Crippen molar-refractivity contribution in [2.24, 2.45) is 0 Å². The van der Waals surface area contributed by atoms with Gasteiger partial charge in [-0.05, 0) is 42.9 Å². The van der Waals surface area contributed by atoms with Crippen LogP contribution in [-0.4, -0.2) is 39.5 Å². The van der Waals surface area contributed by atoms with Gasteiger partial charge in [-0.25, -0.2) is 0 Å². The Balaban J connectivity index is 2.60. The van der Waals surface area contributed by atoms with Crippen LogP contribution in [0.3, 0.4) is 0 Å². The van der Waals surface area contributed by atoms with Crippen LogP contribution in [-0.2, 0) is 6.54 Å². The fourth-order valence-electron chi connectivity index (χ4n) is 2.52. The van der Waals surface area contributed by atoms with Gasteiger partial charge in [0.2, 0.25) is 0 Å². The molecule has 22 heavy (non-hydrogen) atoms. The van der Waals surface area contributed by atoms with Gasteiger partial charge in [0, 0.05) is 6.54 Å². The van der Waals surface area contributed by atoms with Crippen LogP contribution in [0.2, 0.25) is 0 Å². The first-order valence-electron chi connectivity index (χ1n) is 7.05. The van der Waals surface area contributed by atoms with E-state index in [2.05, 4.69) is 17.0 Å². The summed E-state index contributed by atoms with van der Waals surface area (Å²) in [6.45, 7) is 0.820. The maximum absolute atomic E-state index is 11.4. The smallest absolute Gasteiger partial charge is 0.171 e. The Morgan fingerprint density at radius 3 is 2.41 bits per heavy atom. The molecular formula is C18H21NO3. The lowest BCUT2D eigenvalue weighted by atomic mass is 9.97. The zero-order valence-electron chi connectivity index (χ0n) is 13.4. The maximum Gasteiger partial charge on any atom is 0.171 e. The molecule has 4 nitrogen and oxygen atoms in total. The number of carbonyl (C=O) groups excluding carboxylic acids is 1. The molecule has 0 saturated carbocycles. The van der Waals surface area contributed by atoms with Gasteiger partial charge in [0.1, 0.15) is 0 Å². The largest absolute Gasteiger partial charge is 0.493 e. The van der Waals surface area contributed by atoms with Crippen LogP contribution in [0.5, 0.6) is 11.5 Å². The zero-order chi connectivity index (χ0) is 16.1. The van der Waals surface area contributed by atoms with Crippen LogP contribution >= 0.6 is 0 Å². The van der Waals surface area contributed by atoms with Gasteiger partial charge in [0.25, 0.3) is 0 Å². The number of aldehydes is 1. The molecule has 0 saturated heterocycles. The summed E-state index contributed by atoms with van der Waals surface area (Å²) in [4.78, 5) is 13.5. The molecule has 0 radical (unpaired) electrons. The number of nitrogens with zero attached hydrogens (tertiary/aromatic N) is 1. The highest BCUT2D eigenvalue weighted by Crippen LogP contribution is 2.36. The van der Waals surface area contributed by atoms with Crippen molar-refractivity contribution in [1.29, 1.82) is 0 Å². The van der Waals surface area contributed by atoms with Crippen LogP contribution in [0.4, 0.5) is 0 Å². The third-order valence-corrected chi connectivity index (χ3v) is 3.45. The van der Waals surface area contributed by atoms with E-state index >= 15 is 0 Å². The molecule has 0 heterocycles. The lowest BCUT2D eigenvalue weighted by Gasteiger charge is -2.16. The Hall–Kier alpha value is -2.33. The van der Waals surface area contributed by atoms with Crippen molar-refractivity contribution in [1.82, 2.24) is 4.90 Å². The van der Waals surface area contributed by atoms with Crippen LogP contribution in [0, 0.1) is 0 Å². The Morgan fingerprint density at radius 2 is 1.82 bits per heavy atom. The third-order valence-electron chi connectivity index (χ3n) is 3.45. The molecule has 0 N–H and O–H groups in total. The van der Waals surface area contributed by atoms with Gasteiger partial charge >= 0.3 is 0 Å². The fraction of sp³-hybridized carbons (Fsp3) is 0.278. The molecule has 0 amide bonds. The highest BCUT2D eigenvalue weighted by molar-refractivity contribution is 5.86. The molecule has 4 heteroatoms. The summed E-state index contributed by atoms with van der Waals surface area (Å²) in [7, 11) is 7.16. The van der Waals surface area contributed by atoms with E-state index in [-0.39, 0.29) is 0 Å². The molecule has 0 aliphatic carbocycles. The predicted octanol–water partition coefficient (Wildman–Crippen LogP) is 3.24. The molecule has 2 rings (SSSR count). The molecule has 2 aromatic rings. The van der Waals surface area contributed by atoms with E-state index in [1.807, 2.05) is 38.4 Å². The first kappa shape index (κ1) is 16.0. The highest BCUT2D eigenvalue weighted by Gasteiger charge is 2.14. The first-order chi connectivity index (χ1) is 10.6. The minimum Gasteiger partial charge on any atom is -0.493 e. The minimum atomic E-state index is 0.464. The summed E-state index contributed by atoms with van der Waals surface area (Å²) in [5, 5.41) is 0. The summed E-state index contributed by atoms with van der Waals surface area (Å²) >= 11 is 0. The van der Waals surface area contributed by atoms with E-state index in [4.69, 9.17) is 9.47 Å². The number of methoxy groups -OCH3 is 2. The monoisotopic (exact) mass is 299 g/mol. The van der Waals surface area contributed by atoms with Crippen LogP contribution < -0.4 is 9.47 Å². The molecule has 0 fully saturated rings. The quantitative estimate of drug-likeness (QED) is 0.768. The van der Waals surface area contributed by atoms with E-state index in [0.29, 0.717) is 17.1 Å². The summed E-state index contributed by atoms with van der Waals surface area (Å²) < 4.78 is 10.6. The molecule has 0 spiro atoms. The van der Waals surface area contributed by atoms with Crippen molar-refractivity contribution < 1.29 is 14.3 Å². The number of benzene rings is 2. The Bertz CT molecular complexity index is 665. The van der Waals surface area contributed by atoms with E-state index < -0.39 is 0 Å². The van der Waals surface area contributed by atoms with Gasteiger partial charge in [-0.2, -0.15) is 0 Å². The van der Waals surface area contributed by atoms with Crippen molar-refractivity contribution in [3.05, 3.63) is 47.5 Å². The summed E-state index contributed by atoms with van der Waals surface area (Å²) in [6.07, 6.45) is 0.791. The summed E-state index contributed by atoms with van der Waals surface area (Å²) in [5.74, 6) is 1.02. The van der Waals surface area contributed by atoms with Crippen molar-refractivity contribution in [2.75, 3.05) is 28.3 Å². The van der Waals surface area contributed by atoms with Crippen molar-refractivity contribution in [3.63, 3.8) is 0 Å². The molecule has 0 atom stereocenters. The first-order valence-corrected chi connectivity index (χ1v) is 7.05. The number of carbonyl (C=O) groups is 1. The molecule has 116 valence electrons. The zero-order valence-corrected chi connectivity index (χ0v) is 13.4. The van der Waals surface area contributed by atoms with E-state index in [0.717, 1.165) is 24.0 Å². The highest BCUT2D eigenvalue weighted by atomic mass is 16.5. The normalized spacial score (nSPS) is 10.6. The van der Waals surface area contributed by atoms with Crippen molar-refractivity contribution in [3.8, 4) is 22.6 Å². The number of ether oxygens (including phenoxy) is 2. The Labute approximate surface area is 131 Å². The average molecular weight is 299 g/mol. The lowest BCUT2D eigenvalue weighted by molar-refractivity contribution is 0.112. The second kappa shape index (κ2) is 7.09. The molecule has 0 aromatic heterocycles. The van der Waals surface area contributed by atoms with Crippen LogP contribution in [0.25, 0.3) is 11.1 Å². The standard InChI is InChI=1S/C18H21NO3/c1-19(2)11-13-7-5-6-8-16(13)14-9-15(12-20)18(22-4)17(10-14)21-3/h5-10,12H,11H2,1-4H3. The van der Waals surface area contributed by atoms with Gasteiger partial charge in [-0.3, -0.25) is 4.79 Å². The SMILES string of the molecule is COc1cc(-c2ccccc2CN(C)C)cc(C=O)c1OC. The van der Waals surface area contributed by atoms with Crippen molar-refractivity contribution in [2.45, 2.75) is 6.54 Å². The van der Waals surface area contributed by atoms with Crippen LogP contribution in [0.1, 0.15) is 15.9 Å². The van der Waals surface area contributed by atoms with E-state index in [9.17, 15) is 4.79 Å². The van der Waals surface area contributed by atoms with Gasteiger partial charge in [-0.1, -0.05) is 24.3 Å². The summed E-state index contributed by atoms with van der Waals surface area (Å²) in [5.41, 5.74) is 3.70. The van der Waals surface area contributed by atoms with Crippen LogP contribution in [0.15, 0.2) is 36.4 Å². The number of hydrogen-bond donors (Lipinski definition) is 0. The fourth-order valence-corrected chi connectivity index (χ4v) is 2.52. The Morgan fingerprint density at radius 1 is 1.09 bits per heavy atom. The van der Waals surface area contributed by atoms with E-state index in [1.165, 1.54) is 12.7 Å². The van der Waals surface area contributed by atoms with Crippen molar-refractivity contribution >= 4 is 6.29 Å². The minimum absolute atomic E-state index is 0.464. The molecule has 0 bridgehead atoms. The Kier molecular flexibility index (Phi) is 5.17. The topological polar surface area (TPSA) is 38.8 Å². The van der Waals surface area contributed by atoms with Gasteiger partial charge < -0.3 is 14.4 Å². The van der Waals surface area contributed by atoms with E-state index in [1.54, 1.807) is 7.11 Å². The second-order valence-electron chi connectivity index (χ2n) is 5.31.